The predicted octanol–water partition coefficient (Wildman–Crippen LogP) is 5.07. The molecule has 3 saturated heterocycles. The van der Waals surface area contributed by atoms with Crippen LogP contribution in [0.3, 0.4) is 0 Å². The van der Waals surface area contributed by atoms with Gasteiger partial charge in [0.2, 0.25) is 17.7 Å². The van der Waals surface area contributed by atoms with Crippen LogP contribution in [-0.2, 0) is 82.7 Å². The van der Waals surface area contributed by atoms with Gasteiger partial charge in [-0.2, -0.15) is 4.98 Å². The number of aromatic nitrogens is 4. The molecule has 0 spiro atoms. The predicted molar refractivity (Wildman–Crippen MR) is 399 cm³/mol. The Morgan fingerprint density at radius 2 is 1.39 bits per heavy atom. The number of fused-ring (bicyclic) bond motifs is 3. The van der Waals surface area contributed by atoms with Gasteiger partial charge < -0.3 is 94.4 Å². The molecule has 1 saturated carbocycles. The number of nitrogens with two attached hydrogens (primary N) is 2. The molecule has 15 atom stereocenters. The second-order valence-electron chi connectivity index (χ2n) is 29.0. The SMILES string of the molecule is CO[C@H]1C[C@@H]2CC[C@@H](C)[C@@](O)(O2)C(=O)C(=O)N2CCCC[C@H]2C(=O)O[C@H]([C@H](N)C[C@@H]2CC[C@@H](OC(=O)NCc3cnc(N4CCN(c5ncc(C(=O)NCCOCCOCCOCCOCCC(C)=O)c(N)n5)CC4)nc3)[C@H](OC)C2)CC(=O)[C@H](C)/C=C(\C)[C@@H](O)[C@@H](OC)C(=O)[C@H](C)C[C@H](C)/C=C/C=CC=C1C. The average molecular weight is 1520 g/mol. The number of cyclic esters (lactones) is 1. The highest BCUT2D eigenvalue weighted by molar-refractivity contribution is 6.39. The molecular formula is C77H117N11O20. The number of anilines is 3. The van der Waals surface area contributed by atoms with Crippen molar-refractivity contribution in [3.63, 3.8) is 0 Å². The second-order valence-corrected chi connectivity index (χ2v) is 29.0. The average Bonchev–Trinajstić information content (AvgIpc) is 0.774. The zero-order valence-corrected chi connectivity index (χ0v) is 64.6. The number of nitrogen functional groups attached to an aromatic ring is 1. The molecule has 1 aliphatic carbocycles. The maximum Gasteiger partial charge on any atom is 0.407 e. The highest BCUT2D eigenvalue weighted by atomic mass is 16.6. The summed E-state index contributed by atoms with van der Waals surface area (Å²) in [5, 5.41) is 29.3. The topological polar surface area (TPSA) is 407 Å². The van der Waals surface area contributed by atoms with Gasteiger partial charge in [-0.15, -0.1) is 0 Å². The number of carbonyl (C=O) groups excluding carboxylic acids is 8. The number of amides is 3. The van der Waals surface area contributed by atoms with Crippen molar-refractivity contribution in [3.8, 4) is 0 Å². The smallest absolute Gasteiger partial charge is 0.407 e. The monoisotopic (exact) mass is 1520 g/mol. The molecule has 600 valence electrons. The van der Waals surface area contributed by atoms with E-state index in [1.807, 2.05) is 54.0 Å². The molecule has 5 aliphatic rings. The molecule has 2 bridgehead atoms. The number of nitrogens with zero attached hydrogens (tertiary/aromatic N) is 7. The number of aliphatic hydroxyl groups excluding tert-OH is 1. The minimum absolute atomic E-state index is 0.00225. The quantitative estimate of drug-likeness (QED) is 0.0294. The van der Waals surface area contributed by atoms with E-state index in [-0.39, 0.29) is 86.7 Å². The summed E-state index contributed by atoms with van der Waals surface area (Å²) in [6.45, 7) is 17.4. The number of carbonyl (C=O) groups is 8. The number of nitrogens with one attached hydrogen (secondary N) is 2. The molecule has 2 aromatic rings. The first kappa shape index (κ1) is 87.7. The summed E-state index contributed by atoms with van der Waals surface area (Å²) in [6, 6.07) is -2.24. The summed E-state index contributed by atoms with van der Waals surface area (Å²) in [6.07, 6.45) is 12.9. The Morgan fingerprint density at radius 1 is 0.731 bits per heavy atom. The molecule has 31 heteroatoms. The van der Waals surface area contributed by atoms with Crippen molar-refractivity contribution in [2.24, 2.45) is 35.3 Å². The van der Waals surface area contributed by atoms with Gasteiger partial charge in [0.1, 0.15) is 47.8 Å². The summed E-state index contributed by atoms with van der Waals surface area (Å²) in [7, 11) is 4.42. The Kier molecular flexibility index (Phi) is 36.0. The van der Waals surface area contributed by atoms with Crippen LogP contribution in [0.2, 0.25) is 0 Å². The number of methoxy groups -OCH3 is 3. The summed E-state index contributed by atoms with van der Waals surface area (Å²) >= 11 is 0. The fraction of sp³-hybridized carbons (Fsp3) is 0.688. The zero-order valence-electron chi connectivity index (χ0n) is 64.6. The first-order valence-electron chi connectivity index (χ1n) is 38.0. The number of ketones is 4. The normalized spacial score (nSPS) is 28.9. The van der Waals surface area contributed by atoms with E-state index in [0.717, 1.165) is 10.5 Å². The minimum Gasteiger partial charge on any atom is -0.459 e. The summed E-state index contributed by atoms with van der Waals surface area (Å²) < 4.78 is 57.6. The lowest BCUT2D eigenvalue weighted by molar-refractivity contribution is -0.265. The van der Waals surface area contributed by atoms with Crippen LogP contribution in [0.15, 0.2) is 66.2 Å². The molecular weight excluding hydrogens is 1400 g/mol. The van der Waals surface area contributed by atoms with Gasteiger partial charge in [-0.1, -0.05) is 64.2 Å². The molecule has 3 amide bonds. The van der Waals surface area contributed by atoms with E-state index in [1.54, 1.807) is 53.3 Å². The Bertz CT molecular complexity index is 3390. The van der Waals surface area contributed by atoms with Crippen LogP contribution >= 0.6 is 0 Å². The Labute approximate surface area is 634 Å². The molecule has 108 heavy (non-hydrogen) atoms. The molecule has 31 nitrogen and oxygen atoms in total. The number of hydrogen-bond acceptors (Lipinski definition) is 28. The third-order valence-electron chi connectivity index (χ3n) is 20.7. The number of rotatable bonds is 27. The zero-order chi connectivity index (χ0) is 78.5. The van der Waals surface area contributed by atoms with Gasteiger partial charge in [-0.3, -0.25) is 28.8 Å². The number of hydrogen-bond donors (Lipinski definition) is 6. The molecule has 0 radical (unpaired) electrons. The summed E-state index contributed by atoms with van der Waals surface area (Å²) in [5.74, 6) is -8.21. The Balaban J connectivity index is 0.915. The van der Waals surface area contributed by atoms with Crippen molar-refractivity contribution < 1.29 is 95.9 Å². The number of alkyl carbamates (subject to hydrolysis) is 1. The molecule has 4 aliphatic heterocycles. The lowest BCUT2D eigenvalue weighted by Crippen LogP contribution is -2.61. The van der Waals surface area contributed by atoms with Crippen molar-refractivity contribution >= 4 is 64.7 Å². The number of ether oxygens (including phenoxy) is 10. The van der Waals surface area contributed by atoms with Gasteiger partial charge in [-0.25, -0.2) is 24.5 Å². The standard InChI is InChI=1S/C77H117N11O20/c1-48-16-12-11-13-17-49(2)63(99-8)42-57-21-19-53(6)77(98,108-57)69(93)72(95)88-25-15-14-18-60(88)73(96)106-64(43-61(90)50(3)39-52(5)67(92)68(101-10)66(91)51(4)38-48)59(78)40-55-20-22-62(65(41-55)100-9)107-76(97)84-46-56-44-81-74(82-45-56)86-26-28-87(29-27-86)75-83-47-58(70(79)85-75)71(94)80-24-31-103-33-35-105-37-36-104-34-32-102-30-23-54(7)89/h11-13,16-17,39,44-45,47-48,50-51,53,55,57,59-60,62-65,67-68,92,98H,14-15,18-38,40-43,46,78H2,1-10H3,(H,80,94)(H,84,97)(H2,79,83,85)/b13-11?,16-12+,49-17?,52-39+/t48-,50-,51-,53-,55+,57+,59-,60+,62-,63+,64+,65-,67-,68+,77-/m1/s1. The number of piperidine rings is 1. The van der Waals surface area contributed by atoms with Crippen molar-refractivity contribution in [1.82, 2.24) is 35.5 Å². The third-order valence-corrected chi connectivity index (χ3v) is 20.7. The van der Waals surface area contributed by atoms with Crippen molar-refractivity contribution in [2.75, 3.05) is 129 Å². The maximum absolute atomic E-state index is 14.7. The van der Waals surface area contributed by atoms with E-state index in [2.05, 4.69) is 30.6 Å². The first-order valence-corrected chi connectivity index (χ1v) is 38.0. The second kappa shape index (κ2) is 44.3. The summed E-state index contributed by atoms with van der Waals surface area (Å²) in [4.78, 5) is 132. The largest absolute Gasteiger partial charge is 0.459 e. The van der Waals surface area contributed by atoms with Gasteiger partial charge in [0, 0.05) is 134 Å². The highest BCUT2D eigenvalue weighted by Crippen LogP contribution is 2.38. The number of piperazine rings is 1. The van der Waals surface area contributed by atoms with Gasteiger partial charge in [-0.05, 0) is 108 Å². The van der Waals surface area contributed by atoms with Crippen molar-refractivity contribution in [2.45, 2.75) is 199 Å². The van der Waals surface area contributed by atoms with Crippen LogP contribution in [0.4, 0.5) is 22.5 Å². The number of Topliss-reactive ketones (excluding diaryl/α,β-unsaturated/α-hetero) is 4. The number of esters is 1. The van der Waals surface area contributed by atoms with E-state index in [0.29, 0.717) is 153 Å². The Hall–Kier alpha value is -7.56. The van der Waals surface area contributed by atoms with Crippen LogP contribution in [0.1, 0.15) is 148 Å². The van der Waals surface area contributed by atoms with Crippen molar-refractivity contribution in [3.05, 3.63) is 77.3 Å². The van der Waals surface area contributed by atoms with Gasteiger partial charge >= 0.3 is 12.1 Å². The highest BCUT2D eigenvalue weighted by Gasteiger charge is 2.53. The van der Waals surface area contributed by atoms with E-state index in [9.17, 15) is 48.6 Å². The Morgan fingerprint density at radius 3 is 2.04 bits per heavy atom. The molecule has 8 N–H and O–H groups in total. The number of aliphatic hydroxyl groups is 2. The molecule has 0 unspecified atom stereocenters. The molecule has 0 aromatic carbocycles. The number of allylic oxidation sites excluding steroid dienone is 6. The van der Waals surface area contributed by atoms with E-state index in [4.69, 9.17) is 58.8 Å². The third kappa shape index (κ3) is 26.3. The molecule has 7 rings (SSSR count). The molecule has 4 fully saturated rings. The fourth-order valence-corrected chi connectivity index (χ4v) is 14.1. The van der Waals surface area contributed by atoms with Gasteiger partial charge in [0.15, 0.2) is 5.78 Å². The van der Waals surface area contributed by atoms with E-state index < -0.39 is 114 Å². The van der Waals surface area contributed by atoms with Crippen LogP contribution in [0.5, 0.6) is 0 Å². The first-order chi connectivity index (χ1) is 51.7. The van der Waals surface area contributed by atoms with Gasteiger partial charge in [0.25, 0.3) is 17.6 Å². The van der Waals surface area contributed by atoms with Crippen LogP contribution < -0.4 is 31.9 Å². The maximum atomic E-state index is 14.7. The molecule has 6 heterocycles. The minimum atomic E-state index is -2.51. The lowest BCUT2D eigenvalue weighted by atomic mass is 9.80. The van der Waals surface area contributed by atoms with Gasteiger partial charge in [0.05, 0.1) is 76.7 Å². The van der Waals surface area contributed by atoms with E-state index >= 15 is 0 Å². The van der Waals surface area contributed by atoms with Crippen LogP contribution in [0.25, 0.3) is 0 Å². The van der Waals surface area contributed by atoms with Crippen LogP contribution in [-0.4, -0.2) is 256 Å². The molecule has 2 aromatic heterocycles. The summed E-state index contributed by atoms with van der Waals surface area (Å²) in [5.41, 5.74) is 15.2. The lowest BCUT2D eigenvalue weighted by Gasteiger charge is -2.42. The van der Waals surface area contributed by atoms with Crippen molar-refractivity contribution in [1.29, 1.82) is 0 Å². The van der Waals surface area contributed by atoms with Crippen LogP contribution in [0, 0.1) is 29.6 Å². The fourth-order valence-electron chi connectivity index (χ4n) is 14.1. The van der Waals surface area contributed by atoms with E-state index in [1.165, 1.54) is 27.3 Å².